The Labute approximate surface area is 118 Å². The van der Waals surface area contributed by atoms with Gasteiger partial charge in [-0.05, 0) is 51.9 Å². The summed E-state index contributed by atoms with van der Waals surface area (Å²) in [7, 11) is 2.02. The summed E-state index contributed by atoms with van der Waals surface area (Å²) in [5.41, 5.74) is 2.73. The molecule has 2 rings (SSSR count). The molecule has 1 atom stereocenters. The first-order valence-corrected chi connectivity index (χ1v) is 7.29. The molecular formula is C15H21BrN2. The smallest absolute Gasteiger partial charge is 0.0497 e. The van der Waals surface area contributed by atoms with Gasteiger partial charge >= 0.3 is 0 Å². The number of fused-ring (bicyclic) bond motifs is 1. The van der Waals surface area contributed by atoms with Crippen LogP contribution >= 0.6 is 15.9 Å². The highest BCUT2D eigenvalue weighted by molar-refractivity contribution is 9.10. The topological polar surface area (TPSA) is 17.0 Å². The molecule has 2 nitrogen and oxygen atoms in total. The SMILES string of the molecule is CNC(C)Cc1cn(C(C)C)c2cccc(Br)c12. The summed E-state index contributed by atoms with van der Waals surface area (Å²) in [5, 5.41) is 4.67. The molecule has 1 aromatic carbocycles. The maximum atomic E-state index is 3.69. The first-order valence-electron chi connectivity index (χ1n) is 6.49. The van der Waals surface area contributed by atoms with E-state index in [0.29, 0.717) is 12.1 Å². The summed E-state index contributed by atoms with van der Waals surface area (Å²) in [6.07, 6.45) is 3.35. The Hall–Kier alpha value is -0.800. The molecule has 0 saturated heterocycles. The molecule has 0 radical (unpaired) electrons. The van der Waals surface area contributed by atoms with Gasteiger partial charge in [-0.2, -0.15) is 0 Å². The number of halogens is 1. The number of nitrogens with zero attached hydrogens (tertiary/aromatic N) is 1. The van der Waals surface area contributed by atoms with Crippen LogP contribution in [-0.2, 0) is 6.42 Å². The maximum absolute atomic E-state index is 3.69. The highest BCUT2D eigenvalue weighted by Gasteiger charge is 2.14. The summed E-state index contributed by atoms with van der Waals surface area (Å²) >= 11 is 3.69. The van der Waals surface area contributed by atoms with Crippen LogP contribution in [0.5, 0.6) is 0 Å². The van der Waals surface area contributed by atoms with Crippen LogP contribution in [0.15, 0.2) is 28.9 Å². The molecule has 0 amide bonds. The number of hydrogen-bond acceptors (Lipinski definition) is 1. The van der Waals surface area contributed by atoms with Crippen molar-refractivity contribution in [3.8, 4) is 0 Å². The minimum atomic E-state index is 0.487. The minimum absolute atomic E-state index is 0.487. The first-order chi connectivity index (χ1) is 8.54. The van der Waals surface area contributed by atoms with Gasteiger partial charge in [0.1, 0.15) is 0 Å². The van der Waals surface area contributed by atoms with E-state index in [1.165, 1.54) is 20.9 Å². The molecule has 2 aromatic rings. The van der Waals surface area contributed by atoms with Crippen molar-refractivity contribution in [3.05, 3.63) is 34.4 Å². The number of nitrogens with one attached hydrogen (secondary N) is 1. The number of hydrogen-bond donors (Lipinski definition) is 1. The molecule has 0 saturated carbocycles. The van der Waals surface area contributed by atoms with Crippen LogP contribution in [0.4, 0.5) is 0 Å². The monoisotopic (exact) mass is 308 g/mol. The predicted molar refractivity (Wildman–Crippen MR) is 82.2 cm³/mol. The molecular weight excluding hydrogens is 288 g/mol. The molecule has 1 heterocycles. The van der Waals surface area contributed by atoms with Crippen molar-refractivity contribution < 1.29 is 0 Å². The largest absolute Gasteiger partial charge is 0.345 e. The highest BCUT2D eigenvalue weighted by Crippen LogP contribution is 2.31. The van der Waals surface area contributed by atoms with E-state index in [2.05, 4.69) is 71.0 Å². The zero-order valence-corrected chi connectivity index (χ0v) is 13.1. The van der Waals surface area contributed by atoms with Crippen LogP contribution in [0.1, 0.15) is 32.4 Å². The van der Waals surface area contributed by atoms with E-state index < -0.39 is 0 Å². The van der Waals surface area contributed by atoms with Crippen molar-refractivity contribution in [2.75, 3.05) is 7.05 Å². The molecule has 0 bridgehead atoms. The van der Waals surface area contributed by atoms with Gasteiger partial charge in [0.05, 0.1) is 0 Å². The number of benzene rings is 1. The molecule has 0 aliphatic rings. The van der Waals surface area contributed by atoms with E-state index in [4.69, 9.17) is 0 Å². The van der Waals surface area contributed by atoms with Crippen molar-refractivity contribution in [2.45, 2.75) is 39.3 Å². The molecule has 0 fully saturated rings. The third kappa shape index (κ3) is 2.47. The minimum Gasteiger partial charge on any atom is -0.345 e. The fraction of sp³-hybridized carbons (Fsp3) is 0.467. The second-order valence-electron chi connectivity index (χ2n) is 5.18. The predicted octanol–water partition coefficient (Wildman–Crippen LogP) is 4.14. The lowest BCUT2D eigenvalue weighted by molar-refractivity contribution is 0.598. The van der Waals surface area contributed by atoms with Gasteiger partial charge in [0, 0.05) is 33.7 Å². The van der Waals surface area contributed by atoms with Crippen LogP contribution < -0.4 is 5.32 Å². The van der Waals surface area contributed by atoms with Gasteiger partial charge in [-0.25, -0.2) is 0 Å². The van der Waals surface area contributed by atoms with Crippen LogP contribution in [0.25, 0.3) is 10.9 Å². The van der Waals surface area contributed by atoms with Crippen LogP contribution in [0.3, 0.4) is 0 Å². The Kier molecular flexibility index (Phi) is 4.13. The molecule has 1 N–H and O–H groups in total. The standard InChI is InChI=1S/C15H21BrN2/c1-10(2)18-9-12(8-11(3)17-4)15-13(16)6-5-7-14(15)18/h5-7,9-11,17H,8H2,1-4H3. The number of rotatable bonds is 4. The summed E-state index contributed by atoms with van der Waals surface area (Å²) in [4.78, 5) is 0. The Balaban J connectivity index is 2.58. The Morgan fingerprint density at radius 3 is 2.61 bits per heavy atom. The zero-order valence-electron chi connectivity index (χ0n) is 11.5. The molecule has 3 heteroatoms. The first kappa shape index (κ1) is 13.6. The van der Waals surface area contributed by atoms with Crippen LogP contribution in [0.2, 0.25) is 0 Å². The van der Waals surface area contributed by atoms with E-state index in [1.807, 2.05) is 7.05 Å². The second kappa shape index (κ2) is 5.45. The van der Waals surface area contributed by atoms with Crippen molar-refractivity contribution >= 4 is 26.8 Å². The summed E-state index contributed by atoms with van der Waals surface area (Å²) in [6.45, 7) is 6.67. The van der Waals surface area contributed by atoms with Gasteiger partial charge in [-0.1, -0.05) is 22.0 Å². The Morgan fingerprint density at radius 1 is 1.28 bits per heavy atom. The second-order valence-corrected chi connectivity index (χ2v) is 6.04. The van der Waals surface area contributed by atoms with Crippen molar-refractivity contribution in [2.24, 2.45) is 0 Å². The fourth-order valence-corrected chi connectivity index (χ4v) is 2.97. The van der Waals surface area contributed by atoms with Crippen molar-refractivity contribution in [1.82, 2.24) is 9.88 Å². The fourth-order valence-electron chi connectivity index (χ4n) is 2.36. The van der Waals surface area contributed by atoms with Crippen molar-refractivity contribution in [3.63, 3.8) is 0 Å². The Bertz CT molecular complexity index is 543. The van der Waals surface area contributed by atoms with Gasteiger partial charge in [-0.3, -0.25) is 0 Å². The lowest BCUT2D eigenvalue weighted by Crippen LogP contribution is -2.23. The maximum Gasteiger partial charge on any atom is 0.0497 e. The quantitative estimate of drug-likeness (QED) is 0.898. The number of aromatic nitrogens is 1. The highest BCUT2D eigenvalue weighted by atomic mass is 79.9. The molecule has 0 spiro atoms. The lowest BCUT2D eigenvalue weighted by Gasteiger charge is -2.09. The van der Waals surface area contributed by atoms with Crippen molar-refractivity contribution in [1.29, 1.82) is 0 Å². The summed E-state index contributed by atoms with van der Waals surface area (Å²) in [6, 6.07) is 7.41. The van der Waals surface area contributed by atoms with Gasteiger partial charge in [-0.15, -0.1) is 0 Å². The van der Waals surface area contributed by atoms with E-state index in [1.54, 1.807) is 0 Å². The lowest BCUT2D eigenvalue weighted by atomic mass is 10.1. The van der Waals surface area contributed by atoms with E-state index >= 15 is 0 Å². The van der Waals surface area contributed by atoms with Gasteiger partial charge in [0.2, 0.25) is 0 Å². The molecule has 18 heavy (non-hydrogen) atoms. The number of likely N-dealkylation sites (N-methyl/N-ethyl adjacent to an activating group) is 1. The average Bonchev–Trinajstić information content (AvgIpc) is 2.69. The third-order valence-electron chi connectivity index (χ3n) is 3.46. The average molecular weight is 309 g/mol. The van der Waals surface area contributed by atoms with Gasteiger partial charge in [0.25, 0.3) is 0 Å². The third-order valence-corrected chi connectivity index (χ3v) is 4.12. The zero-order chi connectivity index (χ0) is 13.3. The van der Waals surface area contributed by atoms with E-state index in [-0.39, 0.29) is 0 Å². The van der Waals surface area contributed by atoms with Crippen LogP contribution in [0, 0.1) is 0 Å². The Morgan fingerprint density at radius 2 is 2.00 bits per heavy atom. The van der Waals surface area contributed by atoms with Crippen LogP contribution in [-0.4, -0.2) is 17.7 Å². The summed E-state index contributed by atoms with van der Waals surface area (Å²) < 4.78 is 3.55. The van der Waals surface area contributed by atoms with Gasteiger partial charge in [0.15, 0.2) is 0 Å². The molecule has 98 valence electrons. The van der Waals surface area contributed by atoms with Gasteiger partial charge < -0.3 is 9.88 Å². The normalized spacial score (nSPS) is 13.4. The van der Waals surface area contributed by atoms with E-state index in [9.17, 15) is 0 Å². The molecule has 1 aromatic heterocycles. The molecule has 1 unspecified atom stereocenters. The molecule has 0 aliphatic heterocycles. The van der Waals surface area contributed by atoms with E-state index in [0.717, 1.165) is 6.42 Å². The molecule has 0 aliphatic carbocycles. The summed E-state index contributed by atoms with van der Waals surface area (Å²) in [5.74, 6) is 0.